The summed E-state index contributed by atoms with van der Waals surface area (Å²) < 4.78 is 7.17. The lowest BCUT2D eigenvalue weighted by Crippen LogP contribution is -2.34. The summed E-state index contributed by atoms with van der Waals surface area (Å²) >= 11 is 5.14. The quantitative estimate of drug-likeness (QED) is 0.366. The molecule has 0 bridgehead atoms. The van der Waals surface area contributed by atoms with Crippen molar-refractivity contribution in [2.24, 2.45) is 5.10 Å². The first-order valence-electron chi connectivity index (χ1n) is 7.84. The van der Waals surface area contributed by atoms with Crippen LogP contribution in [0.5, 0.6) is 0 Å². The highest BCUT2D eigenvalue weighted by Crippen LogP contribution is 2.20. The Bertz CT molecular complexity index is 719. The number of rotatable bonds is 6. The van der Waals surface area contributed by atoms with Gasteiger partial charge in [-0.3, -0.25) is 5.43 Å². The summed E-state index contributed by atoms with van der Waals surface area (Å²) in [5.41, 5.74) is 8.58. The normalized spacial score (nSPS) is 11.0. The molecule has 0 aliphatic carbocycles. The number of aromatic nitrogens is 1. The first-order valence-corrected chi connectivity index (χ1v) is 8.25. The van der Waals surface area contributed by atoms with Crippen LogP contribution in [0.1, 0.15) is 22.5 Å². The van der Waals surface area contributed by atoms with Crippen molar-refractivity contribution in [3.63, 3.8) is 0 Å². The molecule has 0 fully saturated rings. The minimum atomic E-state index is 0.482. The fraction of sp³-hybridized carbons (Fsp3) is 0.333. The molecule has 0 spiro atoms. The predicted octanol–water partition coefficient (Wildman–Crippen LogP) is 2.85. The maximum atomic E-state index is 5.14. The summed E-state index contributed by atoms with van der Waals surface area (Å²) in [7, 11) is 1.65. The number of thiocarbonyl (C=S) groups is 1. The number of nitrogens with one attached hydrogen (secondary N) is 2. The molecule has 1 aromatic carbocycles. The molecule has 0 radical (unpaired) electrons. The fourth-order valence-corrected chi connectivity index (χ4v) is 2.63. The summed E-state index contributed by atoms with van der Waals surface area (Å²) in [6, 6.07) is 10.6. The monoisotopic (exact) mass is 344 g/mol. The lowest BCUT2D eigenvalue weighted by molar-refractivity contribution is 0.204. The highest BCUT2D eigenvalue weighted by Gasteiger charge is 2.09. The molecule has 2 N–H and O–H groups in total. The zero-order valence-corrected chi connectivity index (χ0v) is 15.4. The average Bonchev–Trinajstić information content (AvgIpc) is 2.83. The number of aryl methyl sites for hydroxylation is 2. The molecular formula is C18H24N4OS. The molecular weight excluding hydrogens is 320 g/mol. The summed E-state index contributed by atoms with van der Waals surface area (Å²) in [4.78, 5) is 0. The second-order valence-electron chi connectivity index (χ2n) is 5.62. The van der Waals surface area contributed by atoms with Gasteiger partial charge in [0.25, 0.3) is 0 Å². The Balaban J connectivity index is 2.07. The van der Waals surface area contributed by atoms with Crippen molar-refractivity contribution in [1.82, 2.24) is 15.3 Å². The predicted molar refractivity (Wildman–Crippen MR) is 103 cm³/mol. The highest BCUT2D eigenvalue weighted by atomic mass is 32.1. The molecule has 1 aromatic heterocycles. The van der Waals surface area contributed by atoms with Gasteiger partial charge in [-0.1, -0.05) is 17.7 Å². The van der Waals surface area contributed by atoms with E-state index in [1.54, 1.807) is 13.3 Å². The van der Waals surface area contributed by atoms with Crippen LogP contribution < -0.4 is 10.7 Å². The second-order valence-corrected chi connectivity index (χ2v) is 6.02. The standard InChI is InChI=1S/C18H24N4OS/c1-13-5-7-17(8-6-13)22-14(2)11-16(15(22)3)12-20-21-18(24)19-9-10-23-4/h5-8,11-12H,9-10H2,1-4H3,(H2,19,21,24). The minimum absolute atomic E-state index is 0.482. The molecule has 1 heterocycles. The minimum Gasteiger partial charge on any atom is -0.383 e. The molecule has 0 aliphatic rings. The first kappa shape index (κ1) is 18.2. The molecule has 128 valence electrons. The third kappa shape index (κ3) is 4.66. The average molecular weight is 344 g/mol. The number of hydrazone groups is 1. The van der Waals surface area contributed by atoms with Crippen molar-refractivity contribution in [3.05, 3.63) is 52.8 Å². The molecule has 0 saturated heterocycles. The van der Waals surface area contributed by atoms with Gasteiger partial charge in [-0.2, -0.15) is 5.10 Å². The fourth-order valence-electron chi connectivity index (χ4n) is 2.48. The topological polar surface area (TPSA) is 50.6 Å². The Labute approximate surface area is 148 Å². The van der Waals surface area contributed by atoms with E-state index in [2.05, 4.69) is 71.5 Å². The van der Waals surface area contributed by atoms with Crippen molar-refractivity contribution < 1.29 is 4.74 Å². The molecule has 2 rings (SSSR count). The molecule has 24 heavy (non-hydrogen) atoms. The molecule has 5 nitrogen and oxygen atoms in total. The van der Waals surface area contributed by atoms with E-state index in [9.17, 15) is 0 Å². The van der Waals surface area contributed by atoms with E-state index in [-0.39, 0.29) is 0 Å². The summed E-state index contributed by atoms with van der Waals surface area (Å²) in [6.45, 7) is 7.52. The Morgan fingerprint density at radius 3 is 2.62 bits per heavy atom. The van der Waals surface area contributed by atoms with Gasteiger partial charge >= 0.3 is 0 Å². The zero-order chi connectivity index (χ0) is 17.5. The van der Waals surface area contributed by atoms with E-state index in [0.29, 0.717) is 18.3 Å². The van der Waals surface area contributed by atoms with Crippen molar-refractivity contribution in [2.45, 2.75) is 20.8 Å². The number of hydrogen-bond acceptors (Lipinski definition) is 3. The molecule has 0 unspecified atom stereocenters. The second kappa shape index (κ2) is 8.61. The van der Waals surface area contributed by atoms with E-state index in [4.69, 9.17) is 17.0 Å². The SMILES string of the molecule is COCCNC(=S)NN=Cc1cc(C)n(-c2ccc(C)cc2)c1C. The van der Waals surface area contributed by atoms with Crippen LogP contribution in [-0.4, -0.2) is 36.2 Å². The third-order valence-electron chi connectivity index (χ3n) is 3.72. The lowest BCUT2D eigenvalue weighted by atomic mass is 10.2. The molecule has 0 atom stereocenters. The number of benzene rings is 1. The largest absolute Gasteiger partial charge is 0.383 e. The summed E-state index contributed by atoms with van der Waals surface area (Å²) in [6.07, 6.45) is 1.79. The van der Waals surface area contributed by atoms with Gasteiger partial charge in [0.2, 0.25) is 0 Å². The maximum Gasteiger partial charge on any atom is 0.187 e. The van der Waals surface area contributed by atoms with Crippen LogP contribution in [0.2, 0.25) is 0 Å². The lowest BCUT2D eigenvalue weighted by Gasteiger charge is -2.10. The molecule has 6 heteroatoms. The van der Waals surface area contributed by atoms with Crippen LogP contribution in [0.4, 0.5) is 0 Å². The van der Waals surface area contributed by atoms with E-state index < -0.39 is 0 Å². The first-order chi connectivity index (χ1) is 11.5. The van der Waals surface area contributed by atoms with Crippen LogP contribution >= 0.6 is 12.2 Å². The van der Waals surface area contributed by atoms with Crippen LogP contribution in [0.25, 0.3) is 5.69 Å². The summed E-state index contributed by atoms with van der Waals surface area (Å²) in [5, 5.41) is 7.70. The number of nitrogens with zero attached hydrogens (tertiary/aromatic N) is 2. The van der Waals surface area contributed by atoms with Crippen LogP contribution in [0.15, 0.2) is 35.4 Å². The van der Waals surface area contributed by atoms with E-state index in [1.807, 2.05) is 0 Å². The maximum absolute atomic E-state index is 5.14. The van der Waals surface area contributed by atoms with Gasteiger partial charge in [-0.15, -0.1) is 0 Å². The van der Waals surface area contributed by atoms with Crippen molar-refractivity contribution in [1.29, 1.82) is 0 Å². The van der Waals surface area contributed by atoms with E-state index in [1.165, 1.54) is 11.3 Å². The van der Waals surface area contributed by atoms with Gasteiger partial charge < -0.3 is 14.6 Å². The summed E-state index contributed by atoms with van der Waals surface area (Å²) in [5.74, 6) is 0. The van der Waals surface area contributed by atoms with E-state index >= 15 is 0 Å². The van der Waals surface area contributed by atoms with Gasteiger partial charge in [-0.25, -0.2) is 0 Å². The van der Waals surface area contributed by atoms with Crippen LogP contribution in [0.3, 0.4) is 0 Å². The Morgan fingerprint density at radius 1 is 1.25 bits per heavy atom. The van der Waals surface area contributed by atoms with Crippen molar-refractivity contribution in [3.8, 4) is 5.69 Å². The van der Waals surface area contributed by atoms with Gasteiger partial charge in [0.1, 0.15) is 0 Å². The van der Waals surface area contributed by atoms with Gasteiger partial charge in [0.05, 0.1) is 12.8 Å². The Morgan fingerprint density at radius 2 is 1.96 bits per heavy atom. The zero-order valence-electron chi connectivity index (χ0n) is 14.6. The van der Waals surface area contributed by atoms with Crippen molar-refractivity contribution in [2.75, 3.05) is 20.3 Å². The Hall–Kier alpha value is -2.18. The molecule has 0 aliphatic heterocycles. The Kier molecular flexibility index (Phi) is 6.52. The van der Waals surface area contributed by atoms with Crippen molar-refractivity contribution >= 4 is 23.5 Å². The van der Waals surface area contributed by atoms with E-state index in [0.717, 1.165) is 16.9 Å². The number of methoxy groups -OCH3 is 1. The number of ether oxygens (including phenoxy) is 1. The molecule has 2 aromatic rings. The number of hydrogen-bond donors (Lipinski definition) is 2. The molecule has 0 saturated carbocycles. The van der Waals surface area contributed by atoms with Gasteiger partial charge in [0, 0.05) is 36.3 Å². The van der Waals surface area contributed by atoms with Gasteiger partial charge in [0.15, 0.2) is 5.11 Å². The van der Waals surface area contributed by atoms with Gasteiger partial charge in [-0.05, 0) is 51.2 Å². The van der Waals surface area contributed by atoms with Crippen LogP contribution in [-0.2, 0) is 4.74 Å². The molecule has 0 amide bonds. The highest BCUT2D eigenvalue weighted by molar-refractivity contribution is 7.80. The third-order valence-corrected chi connectivity index (χ3v) is 3.96. The smallest absolute Gasteiger partial charge is 0.187 e. The van der Waals surface area contributed by atoms with Crippen LogP contribution in [0, 0.1) is 20.8 Å².